The van der Waals surface area contributed by atoms with E-state index in [9.17, 15) is 18.4 Å². The minimum atomic E-state index is -0.934. The zero-order valence-corrected chi connectivity index (χ0v) is 18.7. The summed E-state index contributed by atoms with van der Waals surface area (Å²) >= 11 is 0. The number of halogens is 2. The number of carbonyl (C=O) groups excluding carboxylic acids is 2. The summed E-state index contributed by atoms with van der Waals surface area (Å²) in [5.74, 6) is -1.24. The van der Waals surface area contributed by atoms with Crippen LogP contribution in [0.25, 0.3) is 0 Å². The van der Waals surface area contributed by atoms with E-state index in [4.69, 9.17) is 9.47 Å². The number of piperidine rings is 1. The lowest BCUT2D eigenvalue weighted by molar-refractivity contribution is -0.137. The molecule has 32 heavy (non-hydrogen) atoms. The maximum Gasteiger partial charge on any atom is 0.254 e. The standard InChI is InChI=1S/C24H28F2N2O4/c1-15(17-5-6-21(25)22(26)13-17)27(2)23(29)16-7-9-28(10-8-16)24(30)18-11-19(31-3)14-20(12-18)32-4/h5-6,11-16H,7-10H2,1-4H3. The van der Waals surface area contributed by atoms with Crippen LogP contribution in [-0.4, -0.2) is 56.0 Å². The van der Waals surface area contributed by atoms with Crippen LogP contribution in [-0.2, 0) is 4.79 Å². The molecule has 1 aliphatic heterocycles. The average molecular weight is 446 g/mol. The normalized spacial score (nSPS) is 15.2. The van der Waals surface area contributed by atoms with Crippen molar-refractivity contribution in [1.29, 1.82) is 0 Å². The SMILES string of the molecule is COc1cc(OC)cc(C(=O)N2CCC(C(=O)N(C)C(C)c3ccc(F)c(F)c3)CC2)c1. The molecule has 0 radical (unpaired) electrons. The van der Waals surface area contributed by atoms with Gasteiger partial charge in [-0.05, 0) is 49.6 Å². The molecular weight excluding hydrogens is 418 g/mol. The molecule has 2 aromatic rings. The second kappa shape index (κ2) is 9.97. The van der Waals surface area contributed by atoms with Crippen LogP contribution >= 0.6 is 0 Å². The van der Waals surface area contributed by atoms with Crippen molar-refractivity contribution in [2.75, 3.05) is 34.4 Å². The smallest absolute Gasteiger partial charge is 0.254 e. The Kier molecular flexibility index (Phi) is 7.33. The number of hydrogen-bond donors (Lipinski definition) is 0. The fourth-order valence-electron chi connectivity index (χ4n) is 3.92. The average Bonchev–Trinajstić information content (AvgIpc) is 2.83. The van der Waals surface area contributed by atoms with Crippen molar-refractivity contribution < 1.29 is 27.8 Å². The summed E-state index contributed by atoms with van der Waals surface area (Å²) in [5, 5.41) is 0. The molecule has 0 aromatic heterocycles. The predicted molar refractivity (Wildman–Crippen MR) is 116 cm³/mol. The molecule has 0 N–H and O–H groups in total. The minimum absolute atomic E-state index is 0.0719. The second-order valence-corrected chi connectivity index (χ2v) is 7.97. The first-order chi connectivity index (χ1) is 15.2. The summed E-state index contributed by atoms with van der Waals surface area (Å²) in [7, 11) is 4.71. The third-order valence-corrected chi connectivity index (χ3v) is 6.08. The van der Waals surface area contributed by atoms with Crippen LogP contribution in [0.5, 0.6) is 11.5 Å². The lowest BCUT2D eigenvalue weighted by Gasteiger charge is -2.35. The molecular formula is C24H28F2N2O4. The molecule has 2 amide bonds. The topological polar surface area (TPSA) is 59.1 Å². The molecule has 3 rings (SSSR count). The monoisotopic (exact) mass is 446 g/mol. The summed E-state index contributed by atoms with van der Waals surface area (Å²) in [6.45, 7) is 2.67. The van der Waals surface area contributed by atoms with E-state index in [1.165, 1.54) is 20.3 Å². The molecule has 0 bridgehead atoms. The van der Waals surface area contributed by atoms with Gasteiger partial charge < -0.3 is 19.3 Å². The maximum absolute atomic E-state index is 13.6. The highest BCUT2D eigenvalue weighted by Gasteiger charge is 2.31. The third-order valence-electron chi connectivity index (χ3n) is 6.08. The molecule has 0 aliphatic carbocycles. The third kappa shape index (κ3) is 5.00. The Morgan fingerprint density at radius 1 is 1.00 bits per heavy atom. The molecule has 0 spiro atoms. The maximum atomic E-state index is 13.6. The van der Waals surface area contributed by atoms with Crippen molar-refractivity contribution in [1.82, 2.24) is 9.80 Å². The van der Waals surface area contributed by atoms with Crippen LogP contribution in [0.4, 0.5) is 8.78 Å². The largest absolute Gasteiger partial charge is 0.497 e. The number of nitrogens with zero attached hydrogens (tertiary/aromatic N) is 2. The highest BCUT2D eigenvalue weighted by Crippen LogP contribution is 2.28. The van der Waals surface area contributed by atoms with Gasteiger partial charge in [0.15, 0.2) is 11.6 Å². The quantitative estimate of drug-likeness (QED) is 0.672. The molecule has 1 heterocycles. The Labute approximate surface area is 186 Å². The fourth-order valence-corrected chi connectivity index (χ4v) is 3.92. The molecule has 1 aliphatic rings. The number of benzene rings is 2. The number of amides is 2. The molecule has 1 unspecified atom stereocenters. The zero-order valence-electron chi connectivity index (χ0n) is 18.7. The van der Waals surface area contributed by atoms with E-state index in [-0.39, 0.29) is 17.7 Å². The van der Waals surface area contributed by atoms with Gasteiger partial charge in [0.1, 0.15) is 11.5 Å². The first-order valence-electron chi connectivity index (χ1n) is 10.5. The molecule has 8 heteroatoms. The number of hydrogen-bond acceptors (Lipinski definition) is 4. The Hall–Kier alpha value is -3.16. The molecule has 1 atom stereocenters. The van der Waals surface area contributed by atoms with Crippen LogP contribution in [0.15, 0.2) is 36.4 Å². The van der Waals surface area contributed by atoms with Crippen LogP contribution in [0.1, 0.15) is 41.7 Å². The van der Waals surface area contributed by atoms with Gasteiger partial charge in [0.25, 0.3) is 5.91 Å². The van der Waals surface area contributed by atoms with Gasteiger partial charge in [-0.25, -0.2) is 8.78 Å². The second-order valence-electron chi connectivity index (χ2n) is 7.97. The Morgan fingerprint density at radius 3 is 2.12 bits per heavy atom. The number of rotatable bonds is 6. The molecule has 172 valence electrons. The number of likely N-dealkylation sites (tertiary alicyclic amines) is 1. The van der Waals surface area contributed by atoms with Crippen molar-refractivity contribution in [2.24, 2.45) is 5.92 Å². The van der Waals surface area contributed by atoms with Gasteiger partial charge in [-0.1, -0.05) is 6.07 Å². The summed E-state index contributed by atoms with van der Waals surface area (Å²) in [5.41, 5.74) is 0.995. The van der Waals surface area contributed by atoms with Crippen LogP contribution in [0, 0.1) is 17.6 Å². The van der Waals surface area contributed by atoms with E-state index in [2.05, 4.69) is 0 Å². The van der Waals surface area contributed by atoms with E-state index < -0.39 is 17.7 Å². The van der Waals surface area contributed by atoms with Gasteiger partial charge in [-0.3, -0.25) is 9.59 Å². The number of methoxy groups -OCH3 is 2. The van der Waals surface area contributed by atoms with E-state index in [0.717, 1.165) is 12.1 Å². The number of carbonyl (C=O) groups is 2. The van der Waals surface area contributed by atoms with E-state index in [1.54, 1.807) is 42.0 Å². The Bertz CT molecular complexity index is 968. The summed E-state index contributed by atoms with van der Waals surface area (Å²) in [6, 6.07) is 8.30. The minimum Gasteiger partial charge on any atom is -0.497 e. The van der Waals surface area contributed by atoms with Crippen molar-refractivity contribution in [3.8, 4) is 11.5 Å². The van der Waals surface area contributed by atoms with Crippen LogP contribution in [0.2, 0.25) is 0 Å². The van der Waals surface area contributed by atoms with Gasteiger partial charge in [0.05, 0.1) is 20.3 Å². The Balaban J connectivity index is 1.62. The highest BCUT2D eigenvalue weighted by atomic mass is 19.2. The summed E-state index contributed by atoms with van der Waals surface area (Å²) in [4.78, 5) is 29.2. The fraction of sp³-hybridized carbons (Fsp3) is 0.417. The highest BCUT2D eigenvalue weighted by molar-refractivity contribution is 5.95. The van der Waals surface area contributed by atoms with Gasteiger partial charge in [0, 0.05) is 37.7 Å². The van der Waals surface area contributed by atoms with Crippen LogP contribution in [0.3, 0.4) is 0 Å². The molecule has 1 fully saturated rings. The van der Waals surface area contributed by atoms with Crippen molar-refractivity contribution in [2.45, 2.75) is 25.8 Å². The lowest BCUT2D eigenvalue weighted by atomic mass is 9.93. The summed E-state index contributed by atoms with van der Waals surface area (Å²) < 4.78 is 37.3. The van der Waals surface area contributed by atoms with E-state index in [1.807, 2.05) is 0 Å². The van der Waals surface area contributed by atoms with Gasteiger partial charge in [0.2, 0.25) is 5.91 Å². The van der Waals surface area contributed by atoms with E-state index in [0.29, 0.717) is 48.6 Å². The van der Waals surface area contributed by atoms with Gasteiger partial charge >= 0.3 is 0 Å². The van der Waals surface area contributed by atoms with Crippen LogP contribution < -0.4 is 9.47 Å². The molecule has 1 saturated heterocycles. The first-order valence-corrected chi connectivity index (χ1v) is 10.5. The zero-order chi connectivity index (χ0) is 23.4. The summed E-state index contributed by atoms with van der Waals surface area (Å²) in [6.07, 6.45) is 1.06. The first kappa shape index (κ1) is 23.5. The van der Waals surface area contributed by atoms with Gasteiger partial charge in [-0.15, -0.1) is 0 Å². The van der Waals surface area contributed by atoms with E-state index >= 15 is 0 Å². The molecule has 2 aromatic carbocycles. The lowest BCUT2D eigenvalue weighted by Crippen LogP contribution is -2.44. The van der Waals surface area contributed by atoms with Crippen molar-refractivity contribution >= 4 is 11.8 Å². The Morgan fingerprint density at radius 2 is 1.59 bits per heavy atom. The van der Waals surface area contributed by atoms with Crippen molar-refractivity contribution in [3.05, 3.63) is 59.2 Å². The van der Waals surface area contributed by atoms with Gasteiger partial charge in [-0.2, -0.15) is 0 Å². The molecule has 6 nitrogen and oxygen atoms in total. The number of ether oxygens (including phenoxy) is 2. The van der Waals surface area contributed by atoms with Crippen molar-refractivity contribution in [3.63, 3.8) is 0 Å². The predicted octanol–water partition coefficient (Wildman–Crippen LogP) is 4.05. The molecule has 0 saturated carbocycles.